The maximum Gasteiger partial charge on any atom is 0.411 e. The normalized spacial score (nSPS) is 29.3. The standard InChI is InChI=1S/C16H19NO6/c1-15(10-13(18)21-11-12-6-3-2-4-7-12)22-16(23-15)8-5-9-17(16)14(19)20/h2-4,6-7H,5,8-11H2,1H3,(H,19,20). The topological polar surface area (TPSA) is 85.3 Å². The van der Waals surface area contributed by atoms with Crippen LogP contribution < -0.4 is 0 Å². The van der Waals surface area contributed by atoms with Gasteiger partial charge in [-0.05, 0) is 18.9 Å². The lowest BCUT2D eigenvalue weighted by molar-refractivity contribution is -0.531. The summed E-state index contributed by atoms with van der Waals surface area (Å²) in [4.78, 5) is 24.2. The van der Waals surface area contributed by atoms with E-state index in [9.17, 15) is 9.59 Å². The summed E-state index contributed by atoms with van der Waals surface area (Å²) >= 11 is 0. The van der Waals surface area contributed by atoms with Crippen molar-refractivity contribution in [3.05, 3.63) is 35.9 Å². The van der Waals surface area contributed by atoms with Gasteiger partial charge in [0.1, 0.15) is 6.61 Å². The average molecular weight is 321 g/mol. The Morgan fingerprint density at radius 3 is 2.65 bits per heavy atom. The Morgan fingerprint density at radius 2 is 2.00 bits per heavy atom. The number of amides is 1. The highest BCUT2D eigenvalue weighted by Crippen LogP contribution is 2.48. The van der Waals surface area contributed by atoms with Gasteiger partial charge in [0.15, 0.2) is 5.79 Å². The zero-order valence-electron chi connectivity index (χ0n) is 12.9. The third kappa shape index (κ3) is 3.16. The van der Waals surface area contributed by atoms with Crippen LogP contribution in [0.3, 0.4) is 0 Å². The van der Waals surface area contributed by atoms with E-state index in [1.807, 2.05) is 30.3 Å². The summed E-state index contributed by atoms with van der Waals surface area (Å²) in [5, 5.41) is 9.15. The van der Waals surface area contributed by atoms with Gasteiger partial charge in [0.05, 0.1) is 6.42 Å². The van der Waals surface area contributed by atoms with E-state index in [2.05, 4.69) is 0 Å². The number of esters is 1. The summed E-state index contributed by atoms with van der Waals surface area (Å²) in [7, 11) is 0. The minimum absolute atomic E-state index is 0.0883. The monoisotopic (exact) mass is 321 g/mol. The molecule has 0 aliphatic carbocycles. The maximum absolute atomic E-state index is 11.9. The minimum Gasteiger partial charge on any atom is -0.465 e. The first-order valence-corrected chi connectivity index (χ1v) is 7.53. The second-order valence-electron chi connectivity index (χ2n) is 5.91. The summed E-state index contributed by atoms with van der Waals surface area (Å²) in [6, 6.07) is 9.35. The third-order valence-corrected chi connectivity index (χ3v) is 3.98. The van der Waals surface area contributed by atoms with Gasteiger partial charge < -0.3 is 9.84 Å². The second-order valence-corrected chi connectivity index (χ2v) is 5.91. The van der Waals surface area contributed by atoms with E-state index in [-0.39, 0.29) is 13.0 Å². The molecule has 2 fully saturated rings. The summed E-state index contributed by atoms with van der Waals surface area (Å²) in [6.45, 7) is 2.16. The molecule has 2 saturated heterocycles. The number of carbonyl (C=O) groups is 2. The molecule has 124 valence electrons. The summed E-state index contributed by atoms with van der Waals surface area (Å²) < 4.78 is 16.6. The molecule has 23 heavy (non-hydrogen) atoms. The predicted octanol–water partition coefficient (Wildman–Crippen LogP) is 2.31. The van der Waals surface area contributed by atoms with Crippen molar-refractivity contribution >= 4 is 12.1 Å². The van der Waals surface area contributed by atoms with Gasteiger partial charge in [-0.25, -0.2) is 4.79 Å². The van der Waals surface area contributed by atoms with Crippen molar-refractivity contribution in [3.8, 4) is 0 Å². The molecule has 0 saturated carbocycles. The van der Waals surface area contributed by atoms with Crippen LogP contribution in [0.2, 0.25) is 0 Å². The predicted molar refractivity (Wildman–Crippen MR) is 78.1 cm³/mol. The highest BCUT2D eigenvalue weighted by molar-refractivity contribution is 5.70. The SMILES string of the molecule is CC1(CC(=O)OCc2ccccc2)OC2(CCCN2C(=O)O)O1. The summed E-state index contributed by atoms with van der Waals surface area (Å²) in [5.74, 6) is -2.84. The van der Waals surface area contributed by atoms with Crippen molar-refractivity contribution in [2.24, 2.45) is 0 Å². The molecule has 2 heterocycles. The highest BCUT2D eigenvalue weighted by Gasteiger charge is 2.62. The molecule has 2 aliphatic heterocycles. The molecule has 1 aromatic carbocycles. The van der Waals surface area contributed by atoms with Gasteiger partial charge in [-0.3, -0.25) is 19.2 Å². The van der Waals surface area contributed by atoms with Crippen LogP contribution in [0, 0.1) is 0 Å². The summed E-state index contributed by atoms with van der Waals surface area (Å²) in [6.07, 6.45) is -0.0414. The van der Waals surface area contributed by atoms with Gasteiger partial charge in [0.25, 0.3) is 5.91 Å². The Balaban J connectivity index is 1.51. The first-order valence-electron chi connectivity index (χ1n) is 7.53. The van der Waals surface area contributed by atoms with Crippen LogP contribution >= 0.6 is 0 Å². The first kappa shape index (κ1) is 15.8. The van der Waals surface area contributed by atoms with E-state index in [0.29, 0.717) is 19.4 Å². The van der Waals surface area contributed by atoms with Crippen LogP contribution in [-0.4, -0.2) is 40.3 Å². The fourth-order valence-corrected chi connectivity index (χ4v) is 3.03. The van der Waals surface area contributed by atoms with E-state index in [1.165, 1.54) is 0 Å². The summed E-state index contributed by atoms with van der Waals surface area (Å²) in [5.41, 5.74) is 0.894. The van der Waals surface area contributed by atoms with Crippen molar-refractivity contribution in [2.75, 3.05) is 6.54 Å². The number of rotatable bonds is 4. The Morgan fingerprint density at radius 1 is 1.30 bits per heavy atom. The van der Waals surface area contributed by atoms with Crippen molar-refractivity contribution < 1.29 is 28.9 Å². The fourth-order valence-electron chi connectivity index (χ4n) is 3.03. The molecule has 3 rings (SSSR count). The highest BCUT2D eigenvalue weighted by atomic mass is 16.9. The lowest BCUT2D eigenvalue weighted by atomic mass is 10.1. The molecule has 1 spiro atoms. The van der Waals surface area contributed by atoms with Crippen molar-refractivity contribution in [2.45, 2.75) is 44.5 Å². The molecule has 7 heteroatoms. The number of hydrogen-bond donors (Lipinski definition) is 1. The molecule has 2 aliphatic rings. The molecule has 1 amide bonds. The Kier molecular flexibility index (Phi) is 3.99. The second kappa shape index (κ2) is 5.82. The van der Waals surface area contributed by atoms with Crippen LogP contribution in [0.4, 0.5) is 4.79 Å². The van der Waals surface area contributed by atoms with E-state index in [4.69, 9.17) is 19.3 Å². The van der Waals surface area contributed by atoms with Gasteiger partial charge in [0, 0.05) is 13.0 Å². The number of benzene rings is 1. The Hall–Kier alpha value is -2.12. The third-order valence-electron chi connectivity index (χ3n) is 3.98. The Bertz CT molecular complexity index is 596. The molecule has 0 atom stereocenters. The van der Waals surface area contributed by atoms with Crippen molar-refractivity contribution in [3.63, 3.8) is 0 Å². The number of carbonyl (C=O) groups excluding carboxylic acids is 1. The van der Waals surface area contributed by atoms with E-state index >= 15 is 0 Å². The van der Waals surface area contributed by atoms with Crippen LogP contribution in [0.25, 0.3) is 0 Å². The lowest BCUT2D eigenvalue weighted by Crippen LogP contribution is -2.68. The van der Waals surface area contributed by atoms with Gasteiger partial charge in [-0.2, -0.15) is 0 Å². The molecule has 0 unspecified atom stereocenters. The number of likely N-dealkylation sites (tertiary alicyclic amines) is 1. The van der Waals surface area contributed by atoms with E-state index < -0.39 is 23.8 Å². The molecule has 0 radical (unpaired) electrons. The molecule has 1 aromatic rings. The van der Waals surface area contributed by atoms with E-state index in [1.54, 1.807) is 6.92 Å². The van der Waals surface area contributed by atoms with Crippen LogP contribution in [0.15, 0.2) is 30.3 Å². The molecular weight excluding hydrogens is 302 g/mol. The fraction of sp³-hybridized carbons (Fsp3) is 0.500. The lowest BCUT2D eigenvalue weighted by Gasteiger charge is -2.54. The number of hydrogen-bond acceptors (Lipinski definition) is 5. The maximum atomic E-state index is 11.9. The zero-order chi connectivity index (χ0) is 16.5. The minimum atomic E-state index is -1.24. The number of carboxylic acid groups (broad SMARTS) is 1. The Labute approximate surface area is 133 Å². The number of nitrogens with zero attached hydrogens (tertiary/aromatic N) is 1. The van der Waals surface area contributed by atoms with E-state index in [0.717, 1.165) is 10.5 Å². The van der Waals surface area contributed by atoms with Gasteiger partial charge in [0.2, 0.25) is 0 Å². The smallest absolute Gasteiger partial charge is 0.411 e. The van der Waals surface area contributed by atoms with Crippen molar-refractivity contribution in [1.29, 1.82) is 0 Å². The van der Waals surface area contributed by atoms with Gasteiger partial charge >= 0.3 is 12.1 Å². The quantitative estimate of drug-likeness (QED) is 0.857. The van der Waals surface area contributed by atoms with Crippen LogP contribution in [0.1, 0.15) is 31.7 Å². The number of ether oxygens (including phenoxy) is 3. The molecular formula is C16H19NO6. The van der Waals surface area contributed by atoms with Crippen molar-refractivity contribution in [1.82, 2.24) is 4.90 Å². The molecule has 0 bridgehead atoms. The van der Waals surface area contributed by atoms with Gasteiger partial charge in [-0.15, -0.1) is 0 Å². The first-order chi connectivity index (χ1) is 10.9. The molecule has 0 aromatic heterocycles. The average Bonchev–Trinajstić information content (AvgIpc) is 2.89. The van der Waals surface area contributed by atoms with Gasteiger partial charge in [-0.1, -0.05) is 30.3 Å². The zero-order valence-corrected chi connectivity index (χ0v) is 12.9. The largest absolute Gasteiger partial charge is 0.465 e. The van der Waals surface area contributed by atoms with Crippen LogP contribution in [-0.2, 0) is 25.6 Å². The molecule has 1 N–H and O–H groups in total. The molecule has 7 nitrogen and oxygen atoms in total. The van der Waals surface area contributed by atoms with Crippen LogP contribution in [0.5, 0.6) is 0 Å².